The summed E-state index contributed by atoms with van der Waals surface area (Å²) >= 11 is 0. The molecule has 0 amide bonds. The molecule has 1 N–H and O–H groups in total. The third kappa shape index (κ3) is 4.13. The van der Waals surface area contributed by atoms with Crippen molar-refractivity contribution in [3.8, 4) is 11.5 Å². The summed E-state index contributed by atoms with van der Waals surface area (Å²) in [5.74, 6) is 1.80. The van der Waals surface area contributed by atoms with E-state index in [1.807, 2.05) is 12.1 Å². The summed E-state index contributed by atoms with van der Waals surface area (Å²) in [5.41, 5.74) is 1.62. The van der Waals surface area contributed by atoms with Gasteiger partial charge in [0, 0.05) is 17.6 Å². The van der Waals surface area contributed by atoms with E-state index in [0.29, 0.717) is 11.5 Å². The first kappa shape index (κ1) is 16.2. The Morgan fingerprint density at radius 1 is 1.24 bits per heavy atom. The summed E-state index contributed by atoms with van der Waals surface area (Å²) in [6.45, 7) is 6.95. The van der Waals surface area contributed by atoms with Gasteiger partial charge >= 0.3 is 0 Å². The van der Waals surface area contributed by atoms with Crippen molar-refractivity contribution < 1.29 is 9.47 Å². The minimum atomic E-state index is 0.258. The van der Waals surface area contributed by atoms with Gasteiger partial charge in [-0.15, -0.1) is 0 Å². The predicted molar refractivity (Wildman–Crippen MR) is 87.1 cm³/mol. The number of rotatable bonds is 5. The number of hydrogen-bond acceptors (Lipinski definition) is 3. The van der Waals surface area contributed by atoms with Crippen LogP contribution in [0.5, 0.6) is 11.5 Å². The van der Waals surface area contributed by atoms with E-state index in [2.05, 4.69) is 32.2 Å². The standard InChI is InChI=1S/C18H29NO2/c1-13(19-14-7-6-10-18(2,3)12-14)16-11-15(20-4)8-9-17(16)21-5/h8-9,11,13-14,19H,6-7,10,12H2,1-5H3. The van der Waals surface area contributed by atoms with Crippen LogP contribution in [0.1, 0.15) is 58.1 Å². The predicted octanol–water partition coefficient (Wildman–Crippen LogP) is 4.32. The molecule has 2 atom stereocenters. The van der Waals surface area contributed by atoms with Crippen molar-refractivity contribution in [1.82, 2.24) is 5.32 Å². The van der Waals surface area contributed by atoms with Gasteiger partial charge in [0.25, 0.3) is 0 Å². The van der Waals surface area contributed by atoms with Crippen molar-refractivity contribution in [2.24, 2.45) is 5.41 Å². The molecule has 0 saturated heterocycles. The van der Waals surface area contributed by atoms with Gasteiger partial charge in [0.2, 0.25) is 0 Å². The Hall–Kier alpha value is -1.22. The summed E-state index contributed by atoms with van der Waals surface area (Å²) in [6.07, 6.45) is 5.15. The fourth-order valence-electron chi connectivity index (χ4n) is 3.46. The highest BCUT2D eigenvalue weighted by Gasteiger charge is 2.29. The van der Waals surface area contributed by atoms with Crippen LogP contribution in [-0.4, -0.2) is 20.3 Å². The van der Waals surface area contributed by atoms with Crippen LogP contribution in [0.2, 0.25) is 0 Å². The SMILES string of the molecule is COc1ccc(OC)c(C(C)NC2CCCC(C)(C)C2)c1. The van der Waals surface area contributed by atoms with Gasteiger partial charge in [0.1, 0.15) is 11.5 Å². The fraction of sp³-hybridized carbons (Fsp3) is 0.667. The zero-order valence-electron chi connectivity index (χ0n) is 14.0. The zero-order valence-corrected chi connectivity index (χ0v) is 14.0. The third-order valence-corrected chi connectivity index (χ3v) is 4.59. The average Bonchev–Trinajstić information content (AvgIpc) is 2.45. The van der Waals surface area contributed by atoms with E-state index >= 15 is 0 Å². The number of nitrogens with one attached hydrogen (secondary N) is 1. The molecule has 0 spiro atoms. The lowest BCUT2D eigenvalue weighted by Gasteiger charge is -2.37. The molecular weight excluding hydrogens is 262 g/mol. The maximum atomic E-state index is 5.50. The van der Waals surface area contributed by atoms with Gasteiger partial charge in [-0.2, -0.15) is 0 Å². The monoisotopic (exact) mass is 291 g/mol. The largest absolute Gasteiger partial charge is 0.497 e. The molecule has 1 aliphatic carbocycles. The Bertz CT molecular complexity index is 470. The van der Waals surface area contributed by atoms with Crippen LogP contribution in [0.25, 0.3) is 0 Å². The number of methoxy groups -OCH3 is 2. The number of ether oxygens (including phenoxy) is 2. The van der Waals surface area contributed by atoms with Gasteiger partial charge in [0.05, 0.1) is 14.2 Å². The van der Waals surface area contributed by atoms with Crippen LogP contribution < -0.4 is 14.8 Å². The van der Waals surface area contributed by atoms with Crippen molar-refractivity contribution in [3.63, 3.8) is 0 Å². The maximum absolute atomic E-state index is 5.50. The lowest BCUT2D eigenvalue weighted by molar-refractivity contribution is 0.190. The van der Waals surface area contributed by atoms with E-state index in [4.69, 9.17) is 9.47 Å². The third-order valence-electron chi connectivity index (χ3n) is 4.59. The van der Waals surface area contributed by atoms with Gasteiger partial charge in [-0.3, -0.25) is 0 Å². The molecular formula is C18H29NO2. The first-order valence-corrected chi connectivity index (χ1v) is 7.93. The second kappa shape index (κ2) is 6.69. The second-order valence-electron chi connectivity index (χ2n) is 6.95. The van der Waals surface area contributed by atoms with Crippen LogP contribution in [0.15, 0.2) is 18.2 Å². The molecule has 21 heavy (non-hydrogen) atoms. The lowest BCUT2D eigenvalue weighted by Crippen LogP contribution is -2.38. The van der Waals surface area contributed by atoms with Gasteiger partial charge in [0.15, 0.2) is 0 Å². The highest BCUT2D eigenvalue weighted by Crippen LogP contribution is 2.37. The van der Waals surface area contributed by atoms with E-state index in [0.717, 1.165) is 11.5 Å². The Labute approximate surface area is 129 Å². The smallest absolute Gasteiger partial charge is 0.123 e. The molecule has 0 bridgehead atoms. The minimum Gasteiger partial charge on any atom is -0.497 e. The maximum Gasteiger partial charge on any atom is 0.123 e. The second-order valence-corrected chi connectivity index (χ2v) is 6.95. The van der Waals surface area contributed by atoms with Crippen LogP contribution in [0, 0.1) is 5.41 Å². The van der Waals surface area contributed by atoms with E-state index < -0.39 is 0 Å². The van der Waals surface area contributed by atoms with Crippen LogP contribution in [-0.2, 0) is 0 Å². The fourth-order valence-corrected chi connectivity index (χ4v) is 3.46. The molecule has 0 aliphatic heterocycles. The van der Waals surface area contributed by atoms with Crippen LogP contribution >= 0.6 is 0 Å². The molecule has 0 aromatic heterocycles. The first-order chi connectivity index (χ1) is 9.95. The molecule has 1 aromatic rings. The lowest BCUT2D eigenvalue weighted by atomic mass is 9.75. The van der Waals surface area contributed by atoms with E-state index in [1.54, 1.807) is 14.2 Å². The normalized spacial score (nSPS) is 22.6. The molecule has 3 nitrogen and oxygen atoms in total. The van der Waals surface area contributed by atoms with E-state index in [-0.39, 0.29) is 6.04 Å². The minimum absolute atomic E-state index is 0.258. The molecule has 3 heteroatoms. The Morgan fingerprint density at radius 2 is 2.00 bits per heavy atom. The topological polar surface area (TPSA) is 30.5 Å². The van der Waals surface area contributed by atoms with Crippen molar-refractivity contribution in [3.05, 3.63) is 23.8 Å². The average molecular weight is 291 g/mol. The zero-order chi connectivity index (χ0) is 15.5. The van der Waals surface area contributed by atoms with E-state index in [9.17, 15) is 0 Å². The van der Waals surface area contributed by atoms with Crippen molar-refractivity contribution in [2.45, 2.75) is 58.5 Å². The van der Waals surface area contributed by atoms with Crippen molar-refractivity contribution in [1.29, 1.82) is 0 Å². The molecule has 118 valence electrons. The van der Waals surface area contributed by atoms with Gasteiger partial charge in [-0.25, -0.2) is 0 Å². The molecule has 1 fully saturated rings. The summed E-state index contributed by atoms with van der Waals surface area (Å²) in [4.78, 5) is 0. The van der Waals surface area contributed by atoms with Crippen LogP contribution in [0.4, 0.5) is 0 Å². The van der Waals surface area contributed by atoms with Gasteiger partial charge < -0.3 is 14.8 Å². The first-order valence-electron chi connectivity index (χ1n) is 7.93. The summed E-state index contributed by atoms with van der Waals surface area (Å²) in [7, 11) is 3.43. The molecule has 1 aliphatic rings. The van der Waals surface area contributed by atoms with Crippen molar-refractivity contribution >= 4 is 0 Å². The molecule has 0 heterocycles. The molecule has 2 unspecified atom stereocenters. The van der Waals surface area contributed by atoms with Gasteiger partial charge in [-0.05, 0) is 49.8 Å². The Kier molecular flexibility index (Phi) is 5.15. The Morgan fingerprint density at radius 3 is 2.62 bits per heavy atom. The summed E-state index contributed by atoms with van der Waals surface area (Å²) in [6, 6.07) is 6.84. The quantitative estimate of drug-likeness (QED) is 0.876. The van der Waals surface area contributed by atoms with Crippen molar-refractivity contribution in [2.75, 3.05) is 14.2 Å². The van der Waals surface area contributed by atoms with Crippen LogP contribution in [0.3, 0.4) is 0 Å². The summed E-state index contributed by atoms with van der Waals surface area (Å²) in [5, 5.41) is 3.78. The molecule has 2 rings (SSSR count). The number of hydrogen-bond donors (Lipinski definition) is 1. The number of benzene rings is 1. The molecule has 0 radical (unpaired) electrons. The molecule has 1 aromatic carbocycles. The van der Waals surface area contributed by atoms with Gasteiger partial charge in [-0.1, -0.05) is 20.3 Å². The van der Waals surface area contributed by atoms with E-state index in [1.165, 1.54) is 31.2 Å². The molecule has 1 saturated carbocycles. The Balaban J connectivity index is 2.10. The highest BCUT2D eigenvalue weighted by atomic mass is 16.5. The summed E-state index contributed by atoms with van der Waals surface area (Å²) < 4.78 is 10.8. The highest BCUT2D eigenvalue weighted by molar-refractivity contribution is 5.42.